The molecule has 0 unspecified atom stereocenters. The van der Waals surface area contributed by atoms with Crippen molar-refractivity contribution in [3.05, 3.63) is 5.89 Å². The quantitative estimate of drug-likeness (QED) is 0.732. The maximum Gasteiger partial charge on any atom is 0.277 e. The zero-order valence-corrected chi connectivity index (χ0v) is 9.92. The summed E-state index contributed by atoms with van der Waals surface area (Å²) in [7, 11) is -2.94. The molecular formula is C8H9N3O3S2. The lowest BCUT2D eigenvalue weighted by Gasteiger charge is -1.98. The fourth-order valence-electron chi connectivity index (χ4n) is 1.53. The van der Waals surface area contributed by atoms with Crippen LogP contribution in [0.2, 0.25) is 0 Å². The molecule has 1 aliphatic rings. The summed E-state index contributed by atoms with van der Waals surface area (Å²) in [6.45, 7) is 0. The Hall–Kier alpha value is -1.07. The molecule has 1 atom stereocenters. The fraction of sp³-hybridized carbons (Fsp3) is 0.625. The van der Waals surface area contributed by atoms with E-state index in [9.17, 15) is 8.42 Å². The topological polar surface area (TPSA) is 96.9 Å². The third kappa shape index (κ3) is 2.54. The van der Waals surface area contributed by atoms with Gasteiger partial charge in [0.25, 0.3) is 5.22 Å². The molecule has 0 spiro atoms. The molecule has 0 radical (unpaired) electrons. The van der Waals surface area contributed by atoms with E-state index in [-0.39, 0.29) is 23.2 Å². The van der Waals surface area contributed by atoms with Crippen molar-refractivity contribution in [3.8, 4) is 6.07 Å². The van der Waals surface area contributed by atoms with Gasteiger partial charge in [-0.1, -0.05) is 11.8 Å². The van der Waals surface area contributed by atoms with E-state index >= 15 is 0 Å². The molecule has 0 saturated carbocycles. The van der Waals surface area contributed by atoms with Crippen molar-refractivity contribution in [3.63, 3.8) is 0 Å². The number of nitriles is 1. The molecule has 1 fully saturated rings. The van der Waals surface area contributed by atoms with Crippen LogP contribution in [0.25, 0.3) is 0 Å². The predicted octanol–water partition coefficient (Wildman–Crippen LogP) is 0.587. The molecule has 2 heterocycles. The smallest absolute Gasteiger partial charge is 0.277 e. The van der Waals surface area contributed by atoms with Gasteiger partial charge in [0, 0.05) is 0 Å². The zero-order chi connectivity index (χ0) is 11.6. The van der Waals surface area contributed by atoms with Crippen LogP contribution in [0.5, 0.6) is 0 Å². The van der Waals surface area contributed by atoms with Crippen LogP contribution in [0.15, 0.2) is 9.64 Å². The Bertz CT molecular complexity index is 517. The van der Waals surface area contributed by atoms with Crippen molar-refractivity contribution >= 4 is 21.6 Å². The molecule has 1 aromatic rings. The van der Waals surface area contributed by atoms with Gasteiger partial charge in [-0.3, -0.25) is 0 Å². The average Bonchev–Trinajstić information content (AvgIpc) is 2.81. The van der Waals surface area contributed by atoms with E-state index in [1.807, 2.05) is 6.07 Å². The highest BCUT2D eigenvalue weighted by Crippen LogP contribution is 2.29. The standard InChI is InChI=1S/C8H9N3O3S2/c9-2-3-15-8-11-10-7(14-8)6-1-4-16(12,13)5-6/h6H,1,3-5H2/t6-/m0/s1. The summed E-state index contributed by atoms with van der Waals surface area (Å²) in [5.74, 6) is 0.679. The fourth-order valence-corrected chi connectivity index (χ4v) is 3.69. The van der Waals surface area contributed by atoms with Gasteiger partial charge in [-0.25, -0.2) is 8.42 Å². The number of rotatable bonds is 3. The summed E-state index contributed by atoms with van der Waals surface area (Å²) in [6, 6.07) is 1.95. The Morgan fingerprint density at radius 3 is 3.00 bits per heavy atom. The lowest BCUT2D eigenvalue weighted by molar-refractivity contribution is 0.393. The molecule has 0 aromatic carbocycles. The summed E-state index contributed by atoms with van der Waals surface area (Å²) in [4.78, 5) is 0. The second-order valence-electron chi connectivity index (χ2n) is 3.45. The van der Waals surface area contributed by atoms with E-state index in [2.05, 4.69) is 10.2 Å². The number of sulfone groups is 1. The van der Waals surface area contributed by atoms with Gasteiger partial charge in [0.2, 0.25) is 5.89 Å². The van der Waals surface area contributed by atoms with Gasteiger partial charge in [-0.05, 0) is 6.42 Å². The maximum atomic E-state index is 11.3. The van der Waals surface area contributed by atoms with Crippen LogP contribution in [0.1, 0.15) is 18.2 Å². The van der Waals surface area contributed by atoms with Gasteiger partial charge in [-0.15, -0.1) is 10.2 Å². The van der Waals surface area contributed by atoms with Crippen molar-refractivity contribution < 1.29 is 12.8 Å². The predicted molar refractivity (Wildman–Crippen MR) is 56.6 cm³/mol. The summed E-state index contributed by atoms with van der Waals surface area (Å²) in [6.07, 6.45) is 0.535. The molecule has 0 aliphatic carbocycles. The second-order valence-corrected chi connectivity index (χ2v) is 6.61. The first-order valence-electron chi connectivity index (χ1n) is 4.64. The lowest BCUT2D eigenvalue weighted by Crippen LogP contribution is -2.03. The highest BCUT2D eigenvalue weighted by molar-refractivity contribution is 7.99. The first-order valence-corrected chi connectivity index (χ1v) is 7.45. The van der Waals surface area contributed by atoms with Crippen molar-refractivity contribution in [2.45, 2.75) is 17.6 Å². The number of aromatic nitrogens is 2. The molecule has 2 rings (SSSR count). The molecule has 86 valence electrons. The van der Waals surface area contributed by atoms with Crippen molar-refractivity contribution in [1.82, 2.24) is 10.2 Å². The van der Waals surface area contributed by atoms with Crippen molar-refractivity contribution in [2.24, 2.45) is 0 Å². The maximum absolute atomic E-state index is 11.3. The number of nitrogens with zero attached hydrogens (tertiary/aromatic N) is 3. The van der Waals surface area contributed by atoms with Gasteiger partial charge in [0.15, 0.2) is 9.84 Å². The Morgan fingerprint density at radius 2 is 2.38 bits per heavy atom. The van der Waals surface area contributed by atoms with Crippen LogP contribution in [-0.2, 0) is 9.84 Å². The van der Waals surface area contributed by atoms with Gasteiger partial charge >= 0.3 is 0 Å². The SMILES string of the molecule is N#CCSc1nnc([C@H]2CCS(=O)(=O)C2)o1. The third-order valence-electron chi connectivity index (χ3n) is 2.26. The normalized spacial score (nSPS) is 23.1. The van der Waals surface area contributed by atoms with Crippen LogP contribution in [0.3, 0.4) is 0 Å². The summed E-state index contributed by atoms with van der Waals surface area (Å²) >= 11 is 1.15. The van der Waals surface area contributed by atoms with E-state index in [1.165, 1.54) is 0 Å². The molecule has 6 nitrogen and oxygen atoms in total. The van der Waals surface area contributed by atoms with Crippen LogP contribution in [-0.4, -0.2) is 35.9 Å². The van der Waals surface area contributed by atoms with Crippen molar-refractivity contribution in [2.75, 3.05) is 17.3 Å². The first-order chi connectivity index (χ1) is 7.61. The van der Waals surface area contributed by atoms with Gasteiger partial charge in [-0.2, -0.15) is 5.26 Å². The van der Waals surface area contributed by atoms with Gasteiger partial charge in [0.05, 0.1) is 29.2 Å². The molecule has 1 saturated heterocycles. The molecule has 16 heavy (non-hydrogen) atoms. The highest BCUT2D eigenvalue weighted by atomic mass is 32.2. The van der Waals surface area contributed by atoms with E-state index in [0.717, 1.165) is 11.8 Å². The first kappa shape index (κ1) is 11.4. The zero-order valence-electron chi connectivity index (χ0n) is 8.29. The number of thioether (sulfide) groups is 1. The summed E-state index contributed by atoms with van der Waals surface area (Å²) in [5.41, 5.74) is 0. The Labute approximate surface area is 97.0 Å². The molecule has 0 bridgehead atoms. The van der Waals surface area contributed by atoms with Gasteiger partial charge in [0.1, 0.15) is 0 Å². The van der Waals surface area contributed by atoms with E-state index in [1.54, 1.807) is 0 Å². The molecule has 1 aliphatic heterocycles. The lowest BCUT2D eigenvalue weighted by atomic mass is 10.1. The average molecular weight is 259 g/mol. The van der Waals surface area contributed by atoms with E-state index in [4.69, 9.17) is 9.68 Å². The minimum Gasteiger partial charge on any atom is -0.416 e. The van der Waals surface area contributed by atoms with Crippen LogP contribution < -0.4 is 0 Å². The summed E-state index contributed by atoms with van der Waals surface area (Å²) in [5, 5.41) is 16.2. The van der Waals surface area contributed by atoms with Crippen LogP contribution in [0, 0.1) is 11.3 Å². The highest BCUT2D eigenvalue weighted by Gasteiger charge is 2.32. The van der Waals surface area contributed by atoms with E-state index in [0.29, 0.717) is 17.5 Å². The van der Waals surface area contributed by atoms with Crippen LogP contribution in [0.4, 0.5) is 0 Å². The Kier molecular flexibility index (Phi) is 3.16. The molecule has 0 amide bonds. The molecular weight excluding hydrogens is 250 g/mol. The molecule has 0 N–H and O–H groups in total. The minimum absolute atomic E-state index is 0.0809. The van der Waals surface area contributed by atoms with E-state index < -0.39 is 9.84 Å². The minimum atomic E-state index is -2.94. The Balaban J connectivity index is 2.06. The van der Waals surface area contributed by atoms with Gasteiger partial charge < -0.3 is 4.42 Å². The largest absolute Gasteiger partial charge is 0.416 e. The monoisotopic (exact) mass is 259 g/mol. The van der Waals surface area contributed by atoms with Crippen molar-refractivity contribution in [1.29, 1.82) is 5.26 Å². The molecule has 1 aromatic heterocycles. The Morgan fingerprint density at radius 1 is 1.56 bits per heavy atom. The van der Waals surface area contributed by atoms with Crippen LogP contribution >= 0.6 is 11.8 Å². The number of hydrogen-bond donors (Lipinski definition) is 0. The number of hydrogen-bond acceptors (Lipinski definition) is 7. The molecule has 8 heteroatoms. The third-order valence-corrected chi connectivity index (χ3v) is 4.72. The second kappa shape index (κ2) is 4.43. The summed E-state index contributed by atoms with van der Waals surface area (Å²) < 4.78 is 27.8.